The topological polar surface area (TPSA) is 84.0 Å². The van der Waals surface area contributed by atoms with Crippen molar-refractivity contribution in [2.45, 2.75) is 24.1 Å². The molecule has 1 heterocycles. The number of hydrogen-bond donors (Lipinski definition) is 2. The van der Waals surface area contributed by atoms with Gasteiger partial charge in [0, 0.05) is 11.9 Å². The summed E-state index contributed by atoms with van der Waals surface area (Å²) in [6.07, 6.45) is 1.47. The number of rotatable bonds is 4. The Morgan fingerprint density at radius 2 is 2.05 bits per heavy atom. The molecule has 0 aliphatic heterocycles. The molecule has 0 bridgehead atoms. The highest BCUT2D eigenvalue weighted by Crippen LogP contribution is 2.27. The molecule has 21 heavy (non-hydrogen) atoms. The van der Waals surface area contributed by atoms with E-state index in [2.05, 4.69) is 20.6 Å². The number of carbonyl (C=O) groups is 2. The molecule has 2 N–H and O–H groups in total. The largest absolute Gasteiger partial charge is 0.338 e. The van der Waals surface area contributed by atoms with Gasteiger partial charge in [-0.05, 0) is 19.9 Å². The van der Waals surface area contributed by atoms with E-state index in [9.17, 15) is 9.59 Å². The standard InChI is InChI=1S/C14H16N4O2S/c1-3-15-14(20)18-12(19)9(2)21-13-10-6-4-5-7-11(10)16-8-17-13/h4-9H,3H2,1-2H3,(H2,15,18,19,20). The maximum Gasteiger partial charge on any atom is 0.321 e. The summed E-state index contributed by atoms with van der Waals surface area (Å²) in [5, 5.41) is 5.99. The van der Waals surface area contributed by atoms with E-state index in [1.807, 2.05) is 24.3 Å². The number of nitrogens with one attached hydrogen (secondary N) is 2. The minimum Gasteiger partial charge on any atom is -0.338 e. The highest BCUT2D eigenvalue weighted by atomic mass is 32.2. The number of amides is 3. The number of nitrogens with zero attached hydrogens (tertiary/aromatic N) is 2. The third kappa shape index (κ3) is 3.91. The van der Waals surface area contributed by atoms with Crippen LogP contribution in [0.5, 0.6) is 0 Å². The molecular weight excluding hydrogens is 288 g/mol. The molecule has 0 saturated carbocycles. The Hall–Kier alpha value is -2.15. The quantitative estimate of drug-likeness (QED) is 0.666. The van der Waals surface area contributed by atoms with Gasteiger partial charge in [0.1, 0.15) is 11.4 Å². The Morgan fingerprint density at radius 3 is 2.81 bits per heavy atom. The highest BCUT2D eigenvalue weighted by Gasteiger charge is 2.18. The van der Waals surface area contributed by atoms with Gasteiger partial charge >= 0.3 is 6.03 Å². The van der Waals surface area contributed by atoms with Crippen molar-refractivity contribution in [2.75, 3.05) is 6.54 Å². The van der Waals surface area contributed by atoms with Gasteiger partial charge in [-0.15, -0.1) is 0 Å². The lowest BCUT2D eigenvalue weighted by molar-refractivity contribution is -0.119. The molecule has 110 valence electrons. The van der Waals surface area contributed by atoms with Gasteiger partial charge < -0.3 is 5.32 Å². The molecule has 1 aromatic carbocycles. The average Bonchev–Trinajstić information content (AvgIpc) is 2.47. The third-order valence-electron chi connectivity index (χ3n) is 2.74. The first kappa shape index (κ1) is 15.2. The monoisotopic (exact) mass is 304 g/mol. The van der Waals surface area contributed by atoms with Crippen LogP contribution in [0.15, 0.2) is 35.6 Å². The van der Waals surface area contributed by atoms with Gasteiger partial charge in [0.2, 0.25) is 5.91 Å². The normalized spacial score (nSPS) is 11.9. The molecule has 0 saturated heterocycles. The van der Waals surface area contributed by atoms with Crippen molar-refractivity contribution in [3.05, 3.63) is 30.6 Å². The van der Waals surface area contributed by atoms with Gasteiger partial charge in [-0.2, -0.15) is 0 Å². The van der Waals surface area contributed by atoms with Crippen LogP contribution in [0.1, 0.15) is 13.8 Å². The average molecular weight is 304 g/mol. The predicted molar refractivity (Wildman–Crippen MR) is 82.1 cm³/mol. The van der Waals surface area contributed by atoms with Crippen LogP contribution in [0.25, 0.3) is 10.9 Å². The molecule has 3 amide bonds. The van der Waals surface area contributed by atoms with Crippen LogP contribution < -0.4 is 10.6 Å². The number of hydrogen-bond acceptors (Lipinski definition) is 5. The summed E-state index contributed by atoms with van der Waals surface area (Å²) in [7, 11) is 0. The molecule has 0 aliphatic rings. The van der Waals surface area contributed by atoms with Crippen LogP contribution >= 0.6 is 11.8 Å². The highest BCUT2D eigenvalue weighted by molar-refractivity contribution is 8.00. The number of imide groups is 1. The van der Waals surface area contributed by atoms with Crippen LogP contribution in [-0.2, 0) is 4.79 Å². The van der Waals surface area contributed by atoms with Crippen molar-refractivity contribution in [3.63, 3.8) is 0 Å². The first-order valence-corrected chi connectivity index (χ1v) is 7.45. The van der Waals surface area contributed by atoms with Crippen molar-refractivity contribution in [1.82, 2.24) is 20.6 Å². The molecule has 2 rings (SSSR count). The van der Waals surface area contributed by atoms with Gasteiger partial charge in [0.15, 0.2) is 0 Å². The Bertz CT molecular complexity index is 657. The third-order valence-corrected chi connectivity index (χ3v) is 3.85. The van der Waals surface area contributed by atoms with Gasteiger partial charge in [-0.1, -0.05) is 30.0 Å². The molecule has 0 fully saturated rings. The zero-order chi connectivity index (χ0) is 15.2. The predicted octanol–water partition coefficient (Wildman–Crippen LogP) is 1.96. The molecule has 6 nitrogen and oxygen atoms in total. The lowest BCUT2D eigenvalue weighted by atomic mass is 10.2. The molecule has 0 aliphatic carbocycles. The number of benzene rings is 1. The molecule has 0 spiro atoms. The number of urea groups is 1. The molecule has 2 aromatic rings. The Balaban J connectivity index is 2.09. The van der Waals surface area contributed by atoms with Crippen LogP contribution in [0, 0.1) is 0 Å². The van der Waals surface area contributed by atoms with E-state index in [1.165, 1.54) is 18.1 Å². The van der Waals surface area contributed by atoms with Crippen molar-refractivity contribution in [1.29, 1.82) is 0 Å². The lowest BCUT2D eigenvalue weighted by Crippen LogP contribution is -2.42. The van der Waals surface area contributed by atoms with Crippen LogP contribution in [0.3, 0.4) is 0 Å². The second-order valence-corrected chi connectivity index (χ2v) is 5.63. The van der Waals surface area contributed by atoms with Gasteiger partial charge in [0.05, 0.1) is 10.8 Å². The van der Waals surface area contributed by atoms with Crippen molar-refractivity contribution < 1.29 is 9.59 Å². The number of aromatic nitrogens is 2. The fourth-order valence-electron chi connectivity index (χ4n) is 1.71. The summed E-state index contributed by atoms with van der Waals surface area (Å²) < 4.78 is 0. The summed E-state index contributed by atoms with van der Waals surface area (Å²) in [6, 6.07) is 7.11. The van der Waals surface area contributed by atoms with Crippen molar-refractivity contribution in [2.24, 2.45) is 0 Å². The summed E-state index contributed by atoms with van der Waals surface area (Å²) in [6.45, 7) is 3.99. The number of para-hydroxylation sites is 1. The van der Waals surface area contributed by atoms with Crippen LogP contribution in [0.2, 0.25) is 0 Å². The number of fused-ring (bicyclic) bond motifs is 1. The van der Waals surface area contributed by atoms with Crippen molar-refractivity contribution >= 4 is 34.6 Å². The zero-order valence-electron chi connectivity index (χ0n) is 11.8. The maximum absolute atomic E-state index is 11.9. The SMILES string of the molecule is CCNC(=O)NC(=O)C(C)Sc1ncnc2ccccc12. The number of thioether (sulfide) groups is 1. The van der Waals surface area contributed by atoms with Gasteiger partial charge in [-0.25, -0.2) is 14.8 Å². The Kier molecular flexibility index (Phi) is 5.10. The van der Waals surface area contributed by atoms with E-state index in [-0.39, 0.29) is 5.91 Å². The molecule has 0 radical (unpaired) electrons. The minimum absolute atomic E-state index is 0.353. The second-order valence-electron chi connectivity index (χ2n) is 4.30. The second kappa shape index (κ2) is 7.03. The summed E-state index contributed by atoms with van der Waals surface area (Å²) in [5.74, 6) is -0.353. The van der Waals surface area contributed by atoms with E-state index in [0.29, 0.717) is 6.54 Å². The summed E-state index contributed by atoms with van der Waals surface area (Å²) >= 11 is 1.30. The van der Waals surface area contributed by atoms with Crippen LogP contribution in [0.4, 0.5) is 4.79 Å². The fraction of sp³-hybridized carbons (Fsp3) is 0.286. The van der Waals surface area contributed by atoms with E-state index in [4.69, 9.17) is 0 Å². The minimum atomic E-state index is -0.484. The maximum atomic E-state index is 11.9. The molecule has 1 unspecified atom stereocenters. The lowest BCUT2D eigenvalue weighted by Gasteiger charge is -2.12. The van der Waals surface area contributed by atoms with Gasteiger partial charge in [-0.3, -0.25) is 10.1 Å². The smallest absolute Gasteiger partial charge is 0.321 e. The van der Waals surface area contributed by atoms with E-state index >= 15 is 0 Å². The van der Waals surface area contributed by atoms with E-state index < -0.39 is 11.3 Å². The fourth-order valence-corrected chi connectivity index (χ4v) is 2.62. The van der Waals surface area contributed by atoms with Gasteiger partial charge in [0.25, 0.3) is 0 Å². The molecular formula is C14H16N4O2S. The first-order chi connectivity index (χ1) is 10.1. The van der Waals surface area contributed by atoms with E-state index in [0.717, 1.165) is 15.9 Å². The van der Waals surface area contributed by atoms with Crippen LogP contribution in [-0.4, -0.2) is 33.7 Å². The molecule has 7 heteroatoms. The summed E-state index contributed by atoms with van der Waals surface area (Å²) in [4.78, 5) is 31.7. The van der Waals surface area contributed by atoms with Crippen molar-refractivity contribution in [3.8, 4) is 0 Å². The molecule has 1 aromatic heterocycles. The number of carbonyl (C=O) groups excluding carboxylic acids is 2. The first-order valence-electron chi connectivity index (χ1n) is 6.57. The Labute approximate surface area is 126 Å². The molecule has 1 atom stereocenters. The zero-order valence-corrected chi connectivity index (χ0v) is 12.6. The van der Waals surface area contributed by atoms with E-state index in [1.54, 1.807) is 13.8 Å². The Morgan fingerprint density at radius 1 is 1.29 bits per heavy atom. The summed E-state index contributed by atoms with van der Waals surface area (Å²) in [5.41, 5.74) is 0.825.